The SMILES string of the molecule is O=C(O)CCC(=O)Nc1cccc(C(=O)NCC2CCCO2)c1. The van der Waals surface area contributed by atoms with E-state index in [9.17, 15) is 14.4 Å². The lowest BCUT2D eigenvalue weighted by atomic mass is 10.1. The van der Waals surface area contributed by atoms with Crippen molar-refractivity contribution >= 4 is 23.5 Å². The molecule has 7 heteroatoms. The molecule has 0 aliphatic carbocycles. The van der Waals surface area contributed by atoms with Gasteiger partial charge in [-0.05, 0) is 31.0 Å². The van der Waals surface area contributed by atoms with Gasteiger partial charge in [0.2, 0.25) is 5.91 Å². The van der Waals surface area contributed by atoms with Gasteiger partial charge in [-0.2, -0.15) is 0 Å². The lowest BCUT2D eigenvalue weighted by Gasteiger charge is -2.11. The van der Waals surface area contributed by atoms with Crippen LogP contribution in [-0.4, -0.2) is 42.1 Å². The van der Waals surface area contributed by atoms with Crippen molar-refractivity contribution in [2.75, 3.05) is 18.5 Å². The number of anilines is 1. The third-order valence-electron chi connectivity index (χ3n) is 3.49. The van der Waals surface area contributed by atoms with E-state index >= 15 is 0 Å². The molecule has 23 heavy (non-hydrogen) atoms. The zero-order valence-corrected chi connectivity index (χ0v) is 12.7. The van der Waals surface area contributed by atoms with E-state index in [2.05, 4.69) is 10.6 Å². The molecule has 1 aliphatic rings. The van der Waals surface area contributed by atoms with Crippen molar-refractivity contribution in [1.82, 2.24) is 5.32 Å². The minimum Gasteiger partial charge on any atom is -0.481 e. The van der Waals surface area contributed by atoms with Gasteiger partial charge in [-0.1, -0.05) is 6.07 Å². The molecule has 0 aromatic heterocycles. The smallest absolute Gasteiger partial charge is 0.303 e. The molecule has 1 fully saturated rings. The average molecular weight is 320 g/mol. The van der Waals surface area contributed by atoms with Crippen LogP contribution in [-0.2, 0) is 14.3 Å². The summed E-state index contributed by atoms with van der Waals surface area (Å²) in [5.41, 5.74) is 0.893. The van der Waals surface area contributed by atoms with Crippen LogP contribution in [0.1, 0.15) is 36.0 Å². The normalized spacial score (nSPS) is 16.8. The summed E-state index contributed by atoms with van der Waals surface area (Å²) in [6.07, 6.45) is 1.69. The van der Waals surface area contributed by atoms with Gasteiger partial charge in [0.25, 0.3) is 5.91 Å². The largest absolute Gasteiger partial charge is 0.481 e. The number of hydrogen-bond acceptors (Lipinski definition) is 4. The first kappa shape index (κ1) is 17.0. The first-order valence-electron chi connectivity index (χ1n) is 7.56. The highest BCUT2D eigenvalue weighted by Gasteiger charge is 2.17. The Bertz CT molecular complexity index is 582. The number of benzene rings is 1. The number of carboxylic acid groups (broad SMARTS) is 1. The molecular weight excluding hydrogens is 300 g/mol. The number of rotatable bonds is 7. The molecule has 124 valence electrons. The number of amides is 2. The van der Waals surface area contributed by atoms with Crippen LogP contribution in [0.3, 0.4) is 0 Å². The van der Waals surface area contributed by atoms with E-state index in [1.54, 1.807) is 24.3 Å². The van der Waals surface area contributed by atoms with E-state index < -0.39 is 11.9 Å². The van der Waals surface area contributed by atoms with Crippen molar-refractivity contribution in [1.29, 1.82) is 0 Å². The topological polar surface area (TPSA) is 105 Å². The van der Waals surface area contributed by atoms with Gasteiger partial charge in [0.1, 0.15) is 0 Å². The monoisotopic (exact) mass is 320 g/mol. The Labute approximate surface area is 134 Å². The highest BCUT2D eigenvalue weighted by Crippen LogP contribution is 2.13. The van der Waals surface area contributed by atoms with Crippen molar-refractivity contribution in [3.05, 3.63) is 29.8 Å². The number of aliphatic carboxylic acids is 1. The van der Waals surface area contributed by atoms with Crippen molar-refractivity contribution in [2.45, 2.75) is 31.8 Å². The van der Waals surface area contributed by atoms with E-state index in [1.807, 2.05) is 0 Å². The van der Waals surface area contributed by atoms with Crippen LogP contribution in [0.4, 0.5) is 5.69 Å². The van der Waals surface area contributed by atoms with E-state index in [4.69, 9.17) is 9.84 Å². The Morgan fingerprint density at radius 3 is 2.78 bits per heavy atom. The molecule has 1 unspecified atom stereocenters. The second-order valence-corrected chi connectivity index (χ2v) is 5.37. The first-order chi connectivity index (χ1) is 11.0. The van der Waals surface area contributed by atoms with Crippen LogP contribution in [0.15, 0.2) is 24.3 Å². The van der Waals surface area contributed by atoms with Gasteiger partial charge in [-0.25, -0.2) is 0 Å². The molecule has 1 heterocycles. The molecule has 0 saturated carbocycles. The fourth-order valence-electron chi connectivity index (χ4n) is 2.30. The Balaban J connectivity index is 1.86. The maximum Gasteiger partial charge on any atom is 0.303 e. The summed E-state index contributed by atoms with van der Waals surface area (Å²) >= 11 is 0. The zero-order valence-electron chi connectivity index (χ0n) is 12.7. The molecule has 1 aromatic carbocycles. The molecule has 1 aliphatic heterocycles. The molecule has 1 aromatic rings. The first-order valence-corrected chi connectivity index (χ1v) is 7.56. The number of carbonyl (C=O) groups is 3. The maximum absolute atomic E-state index is 12.1. The zero-order chi connectivity index (χ0) is 16.7. The highest BCUT2D eigenvalue weighted by molar-refractivity contribution is 5.97. The third kappa shape index (κ3) is 5.71. The van der Waals surface area contributed by atoms with E-state index in [0.717, 1.165) is 19.4 Å². The van der Waals surface area contributed by atoms with Gasteiger partial charge in [-0.3, -0.25) is 14.4 Å². The summed E-state index contributed by atoms with van der Waals surface area (Å²) in [6, 6.07) is 6.52. The summed E-state index contributed by atoms with van der Waals surface area (Å²) in [6.45, 7) is 1.20. The van der Waals surface area contributed by atoms with Gasteiger partial charge in [-0.15, -0.1) is 0 Å². The van der Waals surface area contributed by atoms with Crippen LogP contribution in [0.5, 0.6) is 0 Å². The minimum atomic E-state index is -1.03. The highest BCUT2D eigenvalue weighted by atomic mass is 16.5. The lowest BCUT2D eigenvalue weighted by molar-refractivity contribution is -0.138. The quantitative estimate of drug-likeness (QED) is 0.704. The van der Waals surface area contributed by atoms with E-state index in [1.165, 1.54) is 0 Å². The summed E-state index contributed by atoms with van der Waals surface area (Å²) in [5, 5.41) is 13.9. The number of nitrogens with one attached hydrogen (secondary N) is 2. The van der Waals surface area contributed by atoms with Crippen LogP contribution < -0.4 is 10.6 Å². The predicted molar refractivity (Wildman–Crippen MR) is 83.2 cm³/mol. The summed E-state index contributed by atoms with van der Waals surface area (Å²) in [5.74, 6) is -1.66. The van der Waals surface area contributed by atoms with Crippen LogP contribution >= 0.6 is 0 Å². The molecule has 0 radical (unpaired) electrons. The molecular formula is C16H20N2O5. The summed E-state index contributed by atoms with van der Waals surface area (Å²) in [7, 11) is 0. The van der Waals surface area contributed by atoms with Crippen molar-refractivity contribution in [3.63, 3.8) is 0 Å². The van der Waals surface area contributed by atoms with E-state index in [-0.39, 0.29) is 24.9 Å². The van der Waals surface area contributed by atoms with Crippen LogP contribution in [0.2, 0.25) is 0 Å². The molecule has 0 bridgehead atoms. The second kappa shape index (κ2) is 8.28. The Hall–Kier alpha value is -2.41. The number of hydrogen-bond donors (Lipinski definition) is 3. The standard InChI is InChI=1S/C16H20N2O5/c19-14(6-7-15(20)21)18-12-4-1-3-11(9-12)16(22)17-10-13-5-2-8-23-13/h1,3-4,9,13H,2,5-8,10H2,(H,17,22)(H,18,19)(H,20,21). The van der Waals surface area contributed by atoms with Crippen molar-refractivity contribution < 1.29 is 24.2 Å². The van der Waals surface area contributed by atoms with Gasteiger partial charge in [0.05, 0.1) is 12.5 Å². The fraction of sp³-hybridized carbons (Fsp3) is 0.438. The molecule has 3 N–H and O–H groups in total. The van der Waals surface area contributed by atoms with Crippen molar-refractivity contribution in [3.8, 4) is 0 Å². The van der Waals surface area contributed by atoms with Gasteiger partial charge in [0, 0.05) is 30.8 Å². The average Bonchev–Trinajstić information content (AvgIpc) is 3.04. The maximum atomic E-state index is 12.1. The number of ether oxygens (including phenoxy) is 1. The van der Waals surface area contributed by atoms with Gasteiger partial charge < -0.3 is 20.5 Å². The molecule has 1 saturated heterocycles. The summed E-state index contributed by atoms with van der Waals surface area (Å²) in [4.78, 5) is 34.1. The minimum absolute atomic E-state index is 0.0675. The number of carbonyl (C=O) groups excluding carboxylic acids is 2. The predicted octanol–water partition coefficient (Wildman–Crippen LogP) is 1.40. The molecule has 2 rings (SSSR count). The van der Waals surface area contributed by atoms with Gasteiger partial charge >= 0.3 is 5.97 Å². The van der Waals surface area contributed by atoms with Crippen LogP contribution in [0.25, 0.3) is 0 Å². The van der Waals surface area contributed by atoms with E-state index in [0.29, 0.717) is 17.8 Å². The number of carboxylic acids is 1. The Kier molecular flexibility index (Phi) is 6.10. The second-order valence-electron chi connectivity index (χ2n) is 5.37. The molecule has 1 atom stereocenters. The third-order valence-corrected chi connectivity index (χ3v) is 3.49. The van der Waals surface area contributed by atoms with Gasteiger partial charge in [0.15, 0.2) is 0 Å². The Morgan fingerprint density at radius 1 is 1.26 bits per heavy atom. The molecule has 2 amide bonds. The Morgan fingerprint density at radius 2 is 2.09 bits per heavy atom. The fourth-order valence-corrected chi connectivity index (χ4v) is 2.30. The summed E-state index contributed by atoms with van der Waals surface area (Å²) < 4.78 is 5.44. The lowest BCUT2D eigenvalue weighted by Crippen LogP contribution is -2.31. The van der Waals surface area contributed by atoms with Crippen molar-refractivity contribution in [2.24, 2.45) is 0 Å². The molecule has 7 nitrogen and oxygen atoms in total. The molecule has 0 spiro atoms. The van der Waals surface area contributed by atoms with Crippen LogP contribution in [0, 0.1) is 0 Å².